The van der Waals surface area contributed by atoms with Gasteiger partial charge in [0.05, 0.1) is 12.3 Å². The third-order valence-corrected chi connectivity index (χ3v) is 8.45. The van der Waals surface area contributed by atoms with E-state index in [0.717, 1.165) is 4.90 Å². The van der Waals surface area contributed by atoms with Crippen LogP contribution in [0.2, 0.25) is 0 Å². The number of rotatable bonds is 5. The summed E-state index contributed by atoms with van der Waals surface area (Å²) in [6.45, 7) is 1.25. The quantitative estimate of drug-likeness (QED) is 0.566. The van der Waals surface area contributed by atoms with Crippen molar-refractivity contribution in [2.24, 2.45) is 0 Å². The molecule has 2 aliphatic rings. The Kier molecular flexibility index (Phi) is 4.23. The standard InChI is InChI=1S/C21H19NO5S/c1-21(13-23)20(22-16(24)12-17(22)28(21,26)27)19(25)18(14-8-4-2-5-9-14)15-10-6-3-7-11-15/h2-11,13,17-18,20H,12H2,1H3/t17?,20-,21-/m0/s1. The van der Waals surface area contributed by atoms with Crippen molar-refractivity contribution in [3.05, 3.63) is 71.8 Å². The molecule has 0 bridgehead atoms. The normalized spacial score (nSPS) is 27.9. The molecule has 4 rings (SSSR count). The van der Waals surface area contributed by atoms with Crippen LogP contribution >= 0.6 is 0 Å². The predicted molar refractivity (Wildman–Crippen MR) is 102 cm³/mol. The van der Waals surface area contributed by atoms with Crippen molar-refractivity contribution in [2.45, 2.75) is 35.4 Å². The molecule has 2 heterocycles. The number of benzene rings is 2. The highest BCUT2D eigenvalue weighted by Crippen LogP contribution is 2.47. The molecule has 0 spiro atoms. The number of β-lactam (4-membered cyclic amide) rings is 1. The van der Waals surface area contributed by atoms with Gasteiger partial charge in [-0.25, -0.2) is 8.42 Å². The van der Waals surface area contributed by atoms with E-state index in [1.54, 1.807) is 48.5 Å². The first kappa shape index (κ1) is 18.6. The second kappa shape index (κ2) is 6.38. The second-order valence-electron chi connectivity index (χ2n) is 7.37. The van der Waals surface area contributed by atoms with Gasteiger partial charge in [0.25, 0.3) is 0 Å². The van der Waals surface area contributed by atoms with Crippen LogP contribution in [-0.2, 0) is 24.2 Å². The minimum Gasteiger partial charge on any atom is -0.313 e. The number of amides is 1. The molecule has 0 N–H and O–H groups in total. The van der Waals surface area contributed by atoms with E-state index in [-0.39, 0.29) is 6.42 Å². The number of ketones is 1. The third-order valence-electron chi connectivity index (χ3n) is 5.79. The van der Waals surface area contributed by atoms with Crippen molar-refractivity contribution in [3.8, 4) is 0 Å². The number of hydrogen-bond donors (Lipinski definition) is 0. The molecule has 2 aromatic rings. The first-order valence-corrected chi connectivity index (χ1v) is 10.5. The summed E-state index contributed by atoms with van der Waals surface area (Å²) in [6, 6.07) is 16.6. The van der Waals surface area contributed by atoms with E-state index in [9.17, 15) is 22.8 Å². The van der Waals surface area contributed by atoms with Crippen molar-refractivity contribution < 1.29 is 22.8 Å². The highest BCUT2D eigenvalue weighted by Gasteiger charge is 2.70. The van der Waals surface area contributed by atoms with E-state index >= 15 is 0 Å². The number of fused-ring (bicyclic) bond motifs is 1. The van der Waals surface area contributed by atoms with Gasteiger partial charge < -0.3 is 9.69 Å². The molecule has 7 heteroatoms. The Hall–Kier alpha value is -2.80. The van der Waals surface area contributed by atoms with Gasteiger partial charge in [0.15, 0.2) is 20.4 Å². The summed E-state index contributed by atoms with van der Waals surface area (Å²) < 4.78 is 23.8. The fourth-order valence-electron chi connectivity index (χ4n) is 4.22. The number of Topliss-reactive ketones (excluding diaryl/α,β-unsaturated/α-hetero) is 1. The van der Waals surface area contributed by atoms with Gasteiger partial charge in [-0.2, -0.15) is 0 Å². The number of hydrogen-bond acceptors (Lipinski definition) is 5. The highest BCUT2D eigenvalue weighted by molar-refractivity contribution is 7.94. The molecule has 1 unspecified atom stereocenters. The number of aldehydes is 1. The lowest BCUT2D eigenvalue weighted by Crippen LogP contribution is -2.58. The van der Waals surface area contributed by atoms with Gasteiger partial charge in [-0.15, -0.1) is 0 Å². The molecule has 1 amide bonds. The van der Waals surface area contributed by atoms with E-state index in [4.69, 9.17) is 0 Å². The summed E-state index contributed by atoms with van der Waals surface area (Å²) in [5, 5.41) is -1.10. The monoisotopic (exact) mass is 397 g/mol. The molecule has 0 radical (unpaired) electrons. The van der Waals surface area contributed by atoms with Crippen molar-refractivity contribution in [1.29, 1.82) is 0 Å². The molecule has 3 atom stereocenters. The zero-order valence-electron chi connectivity index (χ0n) is 15.2. The Bertz CT molecular complexity index is 1010. The van der Waals surface area contributed by atoms with Crippen LogP contribution in [0.5, 0.6) is 0 Å². The number of nitrogens with zero attached hydrogens (tertiary/aromatic N) is 1. The van der Waals surface area contributed by atoms with Gasteiger partial charge >= 0.3 is 0 Å². The molecule has 0 saturated carbocycles. The maximum atomic E-state index is 13.7. The molecule has 0 aromatic heterocycles. The maximum Gasteiger partial charge on any atom is 0.227 e. The molecule has 2 aliphatic heterocycles. The number of sulfone groups is 1. The molecule has 0 aliphatic carbocycles. The summed E-state index contributed by atoms with van der Waals surface area (Å²) in [6.07, 6.45) is 0.125. The second-order valence-corrected chi connectivity index (χ2v) is 9.88. The Labute approximate surface area is 163 Å². The number of carbonyl (C=O) groups is 3. The number of carbonyl (C=O) groups excluding carboxylic acids is 3. The Morgan fingerprint density at radius 2 is 1.57 bits per heavy atom. The zero-order chi connectivity index (χ0) is 20.1. The zero-order valence-corrected chi connectivity index (χ0v) is 16.0. The maximum absolute atomic E-state index is 13.7. The molecular weight excluding hydrogens is 378 g/mol. The van der Waals surface area contributed by atoms with Crippen molar-refractivity contribution >= 4 is 27.8 Å². The first-order valence-electron chi connectivity index (χ1n) is 8.97. The topological polar surface area (TPSA) is 88.6 Å². The first-order chi connectivity index (χ1) is 13.3. The fraction of sp³-hybridized carbons (Fsp3) is 0.286. The minimum atomic E-state index is -3.99. The van der Waals surface area contributed by atoms with Crippen LogP contribution in [0.4, 0.5) is 0 Å². The Morgan fingerprint density at radius 1 is 1.07 bits per heavy atom. The van der Waals surface area contributed by atoms with Crippen LogP contribution in [0.3, 0.4) is 0 Å². The SMILES string of the molecule is C[C@]1(C=O)[C@H](C(=O)C(c2ccccc2)c2ccccc2)N2C(=O)CC2S1(=O)=O. The Balaban J connectivity index is 1.87. The van der Waals surface area contributed by atoms with Crippen LogP contribution in [0.15, 0.2) is 60.7 Å². The van der Waals surface area contributed by atoms with Crippen molar-refractivity contribution in [3.63, 3.8) is 0 Å². The molecule has 2 aromatic carbocycles. The third kappa shape index (κ3) is 2.39. The molecule has 2 fully saturated rings. The van der Waals surface area contributed by atoms with E-state index in [1.165, 1.54) is 6.92 Å². The van der Waals surface area contributed by atoms with Gasteiger partial charge in [0.1, 0.15) is 17.7 Å². The summed E-state index contributed by atoms with van der Waals surface area (Å²) in [5.41, 5.74) is 1.36. The van der Waals surface area contributed by atoms with Gasteiger partial charge in [0.2, 0.25) is 5.91 Å². The van der Waals surface area contributed by atoms with Gasteiger partial charge in [-0.05, 0) is 18.1 Å². The van der Waals surface area contributed by atoms with Gasteiger partial charge in [-0.1, -0.05) is 60.7 Å². The van der Waals surface area contributed by atoms with Crippen molar-refractivity contribution in [1.82, 2.24) is 4.90 Å². The lowest BCUT2D eigenvalue weighted by molar-refractivity contribution is -0.149. The van der Waals surface area contributed by atoms with E-state index in [0.29, 0.717) is 17.4 Å². The Morgan fingerprint density at radius 3 is 2.00 bits per heavy atom. The molecule has 6 nitrogen and oxygen atoms in total. The van der Waals surface area contributed by atoms with Crippen LogP contribution in [0, 0.1) is 0 Å². The average Bonchev–Trinajstić information content (AvgIpc) is 2.84. The predicted octanol–water partition coefficient (Wildman–Crippen LogP) is 1.70. The van der Waals surface area contributed by atoms with Crippen molar-refractivity contribution in [2.75, 3.05) is 0 Å². The van der Waals surface area contributed by atoms with Crippen LogP contribution in [0.25, 0.3) is 0 Å². The smallest absolute Gasteiger partial charge is 0.227 e. The molecule has 2 saturated heterocycles. The van der Waals surface area contributed by atoms with Crippen LogP contribution < -0.4 is 0 Å². The average molecular weight is 397 g/mol. The lowest BCUT2D eigenvalue weighted by atomic mass is 9.80. The van der Waals surface area contributed by atoms with E-state index in [2.05, 4.69) is 0 Å². The largest absolute Gasteiger partial charge is 0.313 e. The lowest BCUT2D eigenvalue weighted by Gasteiger charge is -2.38. The van der Waals surface area contributed by atoms with Gasteiger partial charge in [0, 0.05) is 0 Å². The molecule has 28 heavy (non-hydrogen) atoms. The minimum absolute atomic E-state index is 0.184. The molecular formula is C21H19NO5S. The summed E-state index contributed by atoms with van der Waals surface area (Å²) in [4.78, 5) is 38.9. The fourth-order valence-corrected chi connectivity index (χ4v) is 6.38. The van der Waals surface area contributed by atoms with Crippen LogP contribution in [-0.4, -0.2) is 47.5 Å². The highest BCUT2D eigenvalue weighted by atomic mass is 32.2. The van der Waals surface area contributed by atoms with E-state index in [1.807, 2.05) is 12.1 Å². The summed E-state index contributed by atoms with van der Waals surface area (Å²) in [7, 11) is -3.99. The summed E-state index contributed by atoms with van der Waals surface area (Å²) >= 11 is 0. The molecule has 144 valence electrons. The summed E-state index contributed by atoms with van der Waals surface area (Å²) in [5.74, 6) is -1.67. The van der Waals surface area contributed by atoms with E-state index < -0.39 is 43.6 Å². The van der Waals surface area contributed by atoms with Gasteiger partial charge in [-0.3, -0.25) is 9.59 Å². The van der Waals surface area contributed by atoms with Crippen LogP contribution in [0.1, 0.15) is 30.4 Å².